The molecule has 3 N–H and O–H groups in total. The first kappa shape index (κ1) is 29.9. The van der Waals surface area contributed by atoms with Crippen LogP contribution in [0, 0.1) is 5.41 Å². The average Bonchev–Trinajstić information content (AvgIpc) is 2.78. The number of aliphatic imine (C=N–C) groups is 1. The van der Waals surface area contributed by atoms with Crippen molar-refractivity contribution in [1.82, 2.24) is 15.2 Å². The van der Waals surface area contributed by atoms with Crippen LogP contribution in [0.1, 0.15) is 64.8 Å². The number of carbonyl (C=O) groups is 1. The van der Waals surface area contributed by atoms with E-state index in [0.29, 0.717) is 23.5 Å². The number of nitrogens with one attached hydrogen (secondary N) is 1. The van der Waals surface area contributed by atoms with E-state index in [0.717, 1.165) is 38.4 Å². The normalized spacial score (nSPS) is 16.9. The molecule has 0 spiro atoms. The zero-order chi connectivity index (χ0) is 25.9. The van der Waals surface area contributed by atoms with Gasteiger partial charge in [0, 0.05) is 31.8 Å². The number of carbonyl (C=O) groups excluding carboxylic acids is 1. The summed E-state index contributed by atoms with van der Waals surface area (Å²) in [7, 11) is 1.48. The van der Waals surface area contributed by atoms with E-state index in [1.54, 1.807) is 6.92 Å². The number of hydrogen-bond acceptors (Lipinski definition) is 5. The number of piperidine rings is 1. The maximum Gasteiger partial charge on any atom is 0.433 e. The van der Waals surface area contributed by atoms with Crippen LogP contribution < -0.4 is 11.1 Å². The molecule has 0 unspecified atom stereocenters. The van der Waals surface area contributed by atoms with Crippen molar-refractivity contribution < 1.29 is 18.0 Å². The lowest BCUT2D eigenvalue weighted by molar-refractivity contribution is -0.141. The zero-order valence-corrected chi connectivity index (χ0v) is 21.4. The van der Waals surface area contributed by atoms with Gasteiger partial charge in [-0.3, -0.25) is 9.79 Å². The zero-order valence-electron chi connectivity index (χ0n) is 20.7. The van der Waals surface area contributed by atoms with Crippen molar-refractivity contribution in [2.45, 2.75) is 65.6 Å². The number of halogens is 4. The molecule has 0 bridgehead atoms. The summed E-state index contributed by atoms with van der Waals surface area (Å²) < 4.78 is 37.7. The topological polar surface area (TPSA) is 83.6 Å². The molecule has 1 aromatic rings. The van der Waals surface area contributed by atoms with Crippen LogP contribution in [-0.2, 0) is 11.0 Å². The van der Waals surface area contributed by atoms with Crippen molar-refractivity contribution in [3.05, 3.63) is 35.2 Å². The largest absolute Gasteiger partial charge is 0.433 e. The van der Waals surface area contributed by atoms with Gasteiger partial charge in [0.1, 0.15) is 10.9 Å². The average molecular weight is 504 g/mol. The number of hydrogen-bond donors (Lipinski definition) is 2. The fourth-order valence-electron chi connectivity index (χ4n) is 3.39. The van der Waals surface area contributed by atoms with E-state index >= 15 is 0 Å². The molecule has 10 heteroatoms. The molecular weight excluding hydrogens is 467 g/mol. The van der Waals surface area contributed by atoms with Gasteiger partial charge in [-0.2, -0.15) is 13.2 Å². The fourth-order valence-corrected chi connectivity index (χ4v) is 3.63. The predicted molar refractivity (Wildman–Crippen MR) is 133 cm³/mol. The highest BCUT2D eigenvalue weighted by Gasteiger charge is 2.32. The molecule has 6 nitrogen and oxygen atoms in total. The van der Waals surface area contributed by atoms with E-state index in [1.165, 1.54) is 32.1 Å². The molecule has 1 fully saturated rings. The van der Waals surface area contributed by atoms with Crippen LogP contribution in [0.4, 0.5) is 13.2 Å². The Morgan fingerprint density at radius 2 is 1.91 bits per heavy atom. The summed E-state index contributed by atoms with van der Waals surface area (Å²) in [4.78, 5) is 20.1. The summed E-state index contributed by atoms with van der Waals surface area (Å²) in [5, 5.41) is 3.04. The first-order valence-corrected chi connectivity index (χ1v) is 11.8. The highest BCUT2D eigenvalue weighted by atomic mass is 35.5. The Morgan fingerprint density at radius 1 is 1.29 bits per heavy atom. The van der Waals surface area contributed by atoms with Crippen LogP contribution in [-0.4, -0.2) is 54.2 Å². The summed E-state index contributed by atoms with van der Waals surface area (Å²) in [6.45, 7) is 12.1. The van der Waals surface area contributed by atoms with E-state index in [2.05, 4.69) is 41.0 Å². The van der Waals surface area contributed by atoms with Crippen LogP contribution >= 0.6 is 11.6 Å². The Kier molecular flexibility index (Phi) is 12.0. The molecule has 0 atom stereocenters. The molecule has 1 amide bonds. The molecule has 0 radical (unpaired) electrons. The molecule has 1 aromatic heterocycles. The number of likely N-dealkylation sites (tertiary alicyclic amines) is 1. The Labute approximate surface area is 205 Å². The van der Waals surface area contributed by atoms with Crippen LogP contribution in [0.25, 0.3) is 5.70 Å². The molecule has 0 aromatic carbocycles. The van der Waals surface area contributed by atoms with Gasteiger partial charge < -0.3 is 16.0 Å². The molecule has 34 heavy (non-hydrogen) atoms. The molecule has 192 valence electrons. The smallest absolute Gasteiger partial charge is 0.397 e. The second kappa shape index (κ2) is 13.7. The molecular formula is C24H37ClF3N5O. The molecule has 1 saturated heterocycles. The van der Waals surface area contributed by atoms with Gasteiger partial charge in [-0.05, 0) is 49.8 Å². The van der Waals surface area contributed by atoms with Gasteiger partial charge in [0.25, 0.3) is 0 Å². The second-order valence-electron chi connectivity index (χ2n) is 9.38. The molecule has 1 aliphatic heterocycles. The lowest BCUT2D eigenvalue weighted by Crippen LogP contribution is -2.42. The number of alkyl halides is 3. The minimum atomic E-state index is -4.51. The van der Waals surface area contributed by atoms with Crippen molar-refractivity contribution >= 4 is 28.9 Å². The van der Waals surface area contributed by atoms with Crippen LogP contribution in [0.5, 0.6) is 0 Å². The van der Waals surface area contributed by atoms with Gasteiger partial charge in [-0.25, -0.2) is 4.98 Å². The minimum Gasteiger partial charge on any atom is -0.397 e. The molecule has 2 rings (SSSR count). The Morgan fingerprint density at radius 3 is 2.38 bits per heavy atom. The van der Waals surface area contributed by atoms with E-state index in [9.17, 15) is 18.0 Å². The van der Waals surface area contributed by atoms with Crippen molar-refractivity contribution in [3.8, 4) is 0 Å². The first-order valence-electron chi connectivity index (χ1n) is 11.4. The van der Waals surface area contributed by atoms with Crippen LogP contribution in [0.15, 0.2) is 28.8 Å². The number of nitrogens with zero attached hydrogens (tertiary/aromatic N) is 3. The van der Waals surface area contributed by atoms with Gasteiger partial charge in [0.2, 0.25) is 6.41 Å². The van der Waals surface area contributed by atoms with E-state index in [4.69, 9.17) is 17.3 Å². The first-order chi connectivity index (χ1) is 15.8. The minimum absolute atomic E-state index is 0.0356. The highest BCUT2D eigenvalue weighted by Crippen LogP contribution is 2.28. The number of allylic oxidation sites excluding steroid dienone is 1. The van der Waals surface area contributed by atoms with Gasteiger partial charge in [0.05, 0.1) is 11.4 Å². The Balaban J connectivity index is 0.000000350. The maximum atomic E-state index is 12.6. The van der Waals surface area contributed by atoms with Crippen molar-refractivity contribution in [3.63, 3.8) is 0 Å². The lowest BCUT2D eigenvalue weighted by Gasteiger charge is -2.33. The van der Waals surface area contributed by atoms with Gasteiger partial charge >= 0.3 is 6.18 Å². The summed E-state index contributed by atoms with van der Waals surface area (Å²) >= 11 is 5.87. The highest BCUT2D eigenvalue weighted by molar-refractivity contribution is 6.70. The van der Waals surface area contributed by atoms with E-state index in [1.807, 2.05) is 0 Å². The number of pyridine rings is 1. The lowest BCUT2D eigenvalue weighted by atomic mass is 9.91. The Bertz CT molecular complexity index is 842. The fraction of sp³-hybridized carbons (Fsp3) is 0.625. The summed E-state index contributed by atoms with van der Waals surface area (Å²) in [5.41, 5.74) is 5.86. The predicted octanol–water partition coefficient (Wildman–Crippen LogP) is 5.08. The second-order valence-corrected chi connectivity index (χ2v) is 9.74. The summed E-state index contributed by atoms with van der Waals surface area (Å²) in [6, 6.07) is 3.95. The summed E-state index contributed by atoms with van der Waals surface area (Å²) in [5.74, 6) is 0. The molecule has 2 heterocycles. The molecule has 0 aliphatic carbocycles. The third-order valence-electron chi connectivity index (χ3n) is 5.51. The third-order valence-corrected chi connectivity index (χ3v) is 5.91. The quantitative estimate of drug-likeness (QED) is 0.401. The summed E-state index contributed by atoms with van der Waals surface area (Å²) in [6.07, 6.45) is 0.214. The van der Waals surface area contributed by atoms with Crippen molar-refractivity contribution in [2.75, 3.05) is 26.7 Å². The van der Waals surface area contributed by atoms with E-state index in [-0.39, 0.29) is 16.6 Å². The Hall–Kier alpha value is -2.13. The SMILES string of the molecule is CC(C)(C)CCN1CCC(NC=O)CC1.CC/C(C(Cl)=NC)=C(/N)c1cccc(C(F)(F)F)n1. The third kappa shape index (κ3) is 10.4. The van der Waals surface area contributed by atoms with Gasteiger partial charge in [-0.15, -0.1) is 0 Å². The van der Waals surface area contributed by atoms with Gasteiger partial charge in [0.15, 0.2) is 0 Å². The standard InChI is InChI=1S/C12H13ClF3N3.C12H24N2O/c1-3-7(11(13)18-2)10(17)8-5-4-6-9(19-8)12(14,15)16;1-12(2,3)6-9-14-7-4-11(5-8-14)13-10-15/h4-6H,3,17H2,1-2H3;10-11H,4-9H2,1-3H3,(H,13,15)/b10-7-,18-11?;. The number of nitrogens with two attached hydrogens (primary N) is 1. The number of rotatable bonds is 7. The van der Waals surface area contributed by atoms with Gasteiger partial charge in [-0.1, -0.05) is 45.4 Å². The van der Waals surface area contributed by atoms with Crippen molar-refractivity contribution in [2.24, 2.45) is 16.1 Å². The maximum absolute atomic E-state index is 12.6. The monoisotopic (exact) mass is 503 g/mol. The van der Waals surface area contributed by atoms with Crippen LogP contribution in [0.3, 0.4) is 0 Å². The van der Waals surface area contributed by atoms with Crippen LogP contribution in [0.2, 0.25) is 0 Å². The number of amides is 1. The van der Waals surface area contributed by atoms with Crippen molar-refractivity contribution in [1.29, 1.82) is 0 Å². The van der Waals surface area contributed by atoms with E-state index < -0.39 is 11.9 Å². The molecule has 0 saturated carbocycles. The number of aromatic nitrogens is 1. The molecule has 1 aliphatic rings.